The van der Waals surface area contributed by atoms with Gasteiger partial charge >= 0.3 is 0 Å². The van der Waals surface area contributed by atoms with Gasteiger partial charge in [0.1, 0.15) is 11.6 Å². The van der Waals surface area contributed by atoms with Gasteiger partial charge in [0.2, 0.25) is 0 Å². The van der Waals surface area contributed by atoms with Gasteiger partial charge in [-0.2, -0.15) is 0 Å². The van der Waals surface area contributed by atoms with Crippen molar-refractivity contribution in [3.63, 3.8) is 0 Å². The summed E-state index contributed by atoms with van der Waals surface area (Å²) in [6.07, 6.45) is 0. The second-order valence-electron chi connectivity index (χ2n) is 5.28. The number of nitrogens with one attached hydrogen (secondary N) is 1. The van der Waals surface area contributed by atoms with Gasteiger partial charge in [0, 0.05) is 22.7 Å². The number of hydrogen-bond donors (Lipinski definition) is 1. The van der Waals surface area contributed by atoms with Crippen LogP contribution in [0.1, 0.15) is 42.6 Å². The summed E-state index contributed by atoms with van der Waals surface area (Å²) in [5.74, 6) is -0.781. The minimum atomic E-state index is -0.391. The SMILES string of the molecule is Cc1cc(F)c(C(C)N[C@H](C)c2ccc(Cl)cc2)cc1F. The third-order valence-corrected chi connectivity index (χ3v) is 3.87. The lowest BCUT2D eigenvalue weighted by molar-refractivity contribution is 0.469. The number of hydrogen-bond acceptors (Lipinski definition) is 1. The first-order valence-corrected chi connectivity index (χ1v) is 7.23. The molecule has 0 saturated heterocycles. The molecule has 2 aromatic carbocycles. The van der Waals surface area contributed by atoms with Crippen LogP contribution in [0, 0.1) is 18.6 Å². The van der Waals surface area contributed by atoms with Crippen molar-refractivity contribution < 1.29 is 8.78 Å². The summed E-state index contributed by atoms with van der Waals surface area (Å²) in [5, 5.41) is 3.94. The molecule has 0 heterocycles. The first-order valence-electron chi connectivity index (χ1n) is 6.85. The molecule has 1 unspecified atom stereocenters. The van der Waals surface area contributed by atoms with Gasteiger partial charge in [0.15, 0.2) is 0 Å². The van der Waals surface area contributed by atoms with Crippen LogP contribution < -0.4 is 5.32 Å². The minimum absolute atomic E-state index is 0.000955. The quantitative estimate of drug-likeness (QED) is 0.804. The Hall–Kier alpha value is -1.45. The van der Waals surface area contributed by atoms with E-state index in [1.807, 2.05) is 38.1 Å². The van der Waals surface area contributed by atoms with E-state index in [1.54, 1.807) is 6.92 Å². The van der Waals surface area contributed by atoms with Crippen molar-refractivity contribution in [2.45, 2.75) is 32.9 Å². The summed E-state index contributed by atoms with van der Waals surface area (Å²) < 4.78 is 27.6. The van der Waals surface area contributed by atoms with Crippen molar-refractivity contribution in [1.29, 1.82) is 0 Å². The second-order valence-corrected chi connectivity index (χ2v) is 5.72. The molecule has 2 aromatic rings. The van der Waals surface area contributed by atoms with Gasteiger partial charge in [-0.15, -0.1) is 0 Å². The molecule has 2 atom stereocenters. The van der Waals surface area contributed by atoms with Crippen LogP contribution in [0.2, 0.25) is 5.02 Å². The van der Waals surface area contributed by atoms with Gasteiger partial charge < -0.3 is 5.32 Å². The Balaban J connectivity index is 2.15. The van der Waals surface area contributed by atoms with Crippen LogP contribution >= 0.6 is 11.6 Å². The molecule has 0 fully saturated rings. The maximum atomic E-state index is 14.0. The Labute approximate surface area is 128 Å². The Morgan fingerprint density at radius 1 is 0.952 bits per heavy atom. The summed E-state index contributed by atoms with van der Waals surface area (Å²) in [6.45, 7) is 5.35. The van der Waals surface area contributed by atoms with E-state index in [9.17, 15) is 8.78 Å². The fourth-order valence-corrected chi connectivity index (χ4v) is 2.43. The van der Waals surface area contributed by atoms with Crippen molar-refractivity contribution in [1.82, 2.24) is 5.32 Å². The molecule has 0 radical (unpaired) electrons. The highest BCUT2D eigenvalue weighted by molar-refractivity contribution is 6.30. The van der Waals surface area contributed by atoms with Gasteiger partial charge in [-0.1, -0.05) is 23.7 Å². The van der Waals surface area contributed by atoms with E-state index in [2.05, 4.69) is 5.32 Å². The van der Waals surface area contributed by atoms with Crippen molar-refractivity contribution in [3.05, 3.63) is 69.7 Å². The molecule has 0 saturated carbocycles. The third-order valence-electron chi connectivity index (χ3n) is 3.61. The smallest absolute Gasteiger partial charge is 0.128 e. The molecular formula is C17H18ClF2N. The van der Waals surface area contributed by atoms with Crippen LogP contribution in [0.5, 0.6) is 0 Å². The Morgan fingerprint density at radius 2 is 1.57 bits per heavy atom. The van der Waals surface area contributed by atoms with Crippen LogP contribution in [0.4, 0.5) is 8.78 Å². The second kappa shape index (κ2) is 6.54. The molecule has 4 heteroatoms. The summed E-state index contributed by atoms with van der Waals surface area (Å²) in [5.41, 5.74) is 1.69. The fourth-order valence-electron chi connectivity index (χ4n) is 2.31. The van der Waals surface area contributed by atoms with E-state index < -0.39 is 5.82 Å². The van der Waals surface area contributed by atoms with Crippen molar-refractivity contribution in [2.24, 2.45) is 0 Å². The Morgan fingerprint density at radius 3 is 2.19 bits per heavy atom. The lowest BCUT2D eigenvalue weighted by atomic mass is 10.0. The van der Waals surface area contributed by atoms with Crippen molar-refractivity contribution >= 4 is 11.6 Å². The molecule has 0 aliphatic heterocycles. The average molecular weight is 310 g/mol. The Bertz CT molecular complexity index is 625. The van der Waals surface area contributed by atoms with E-state index >= 15 is 0 Å². The predicted molar refractivity (Wildman–Crippen MR) is 82.5 cm³/mol. The lowest BCUT2D eigenvalue weighted by Crippen LogP contribution is -2.23. The van der Waals surface area contributed by atoms with E-state index in [0.717, 1.165) is 5.56 Å². The lowest BCUT2D eigenvalue weighted by Gasteiger charge is -2.21. The number of benzene rings is 2. The number of rotatable bonds is 4. The monoisotopic (exact) mass is 309 g/mol. The zero-order chi connectivity index (χ0) is 15.6. The van der Waals surface area contributed by atoms with Gasteiger partial charge in [0.05, 0.1) is 0 Å². The first kappa shape index (κ1) is 15.9. The van der Waals surface area contributed by atoms with E-state index in [0.29, 0.717) is 16.1 Å². The molecule has 21 heavy (non-hydrogen) atoms. The molecule has 112 valence electrons. The fraction of sp³-hybridized carbons (Fsp3) is 0.294. The maximum Gasteiger partial charge on any atom is 0.128 e. The number of halogens is 3. The van der Waals surface area contributed by atoms with Crippen LogP contribution in [-0.2, 0) is 0 Å². The third kappa shape index (κ3) is 3.80. The van der Waals surface area contributed by atoms with Gasteiger partial charge in [-0.25, -0.2) is 8.78 Å². The summed E-state index contributed by atoms with van der Waals surface area (Å²) in [6, 6.07) is 9.65. The molecule has 0 bridgehead atoms. The molecule has 0 amide bonds. The zero-order valence-corrected chi connectivity index (χ0v) is 13.0. The molecule has 0 aliphatic rings. The predicted octanol–water partition coefficient (Wildman–Crippen LogP) is 5.34. The molecule has 1 nitrogen and oxygen atoms in total. The van der Waals surface area contributed by atoms with Crippen LogP contribution in [0.15, 0.2) is 36.4 Å². The van der Waals surface area contributed by atoms with E-state index in [-0.39, 0.29) is 17.9 Å². The molecule has 2 rings (SSSR count). The standard InChI is InChI=1S/C17H18ClF2N/c1-10-8-17(20)15(9-16(10)19)12(3)21-11(2)13-4-6-14(18)7-5-13/h4-9,11-12,21H,1-3H3/t11-,12?/m1/s1. The first-order chi connectivity index (χ1) is 9.88. The van der Waals surface area contributed by atoms with Gasteiger partial charge in [-0.05, 0) is 56.2 Å². The Kier molecular flexibility index (Phi) is 4.96. The average Bonchev–Trinajstić information content (AvgIpc) is 2.43. The van der Waals surface area contributed by atoms with Crippen LogP contribution in [-0.4, -0.2) is 0 Å². The molecule has 0 aliphatic carbocycles. The van der Waals surface area contributed by atoms with Crippen molar-refractivity contribution in [2.75, 3.05) is 0 Å². The van der Waals surface area contributed by atoms with Crippen LogP contribution in [0.25, 0.3) is 0 Å². The summed E-state index contributed by atoms with van der Waals surface area (Å²) in [4.78, 5) is 0. The normalized spacial score (nSPS) is 14.0. The highest BCUT2D eigenvalue weighted by Crippen LogP contribution is 2.24. The largest absolute Gasteiger partial charge is 0.304 e. The van der Waals surface area contributed by atoms with Gasteiger partial charge in [-0.3, -0.25) is 0 Å². The molecular weight excluding hydrogens is 292 g/mol. The minimum Gasteiger partial charge on any atom is -0.304 e. The highest BCUT2D eigenvalue weighted by atomic mass is 35.5. The van der Waals surface area contributed by atoms with Crippen molar-refractivity contribution in [3.8, 4) is 0 Å². The van der Waals surface area contributed by atoms with E-state index in [4.69, 9.17) is 11.6 Å². The summed E-state index contributed by atoms with van der Waals surface area (Å²) in [7, 11) is 0. The van der Waals surface area contributed by atoms with Gasteiger partial charge in [0.25, 0.3) is 0 Å². The number of aryl methyl sites for hydroxylation is 1. The topological polar surface area (TPSA) is 12.0 Å². The molecule has 0 spiro atoms. The van der Waals surface area contributed by atoms with E-state index in [1.165, 1.54) is 12.1 Å². The molecule has 0 aromatic heterocycles. The maximum absolute atomic E-state index is 14.0. The zero-order valence-electron chi connectivity index (χ0n) is 12.3. The highest BCUT2D eigenvalue weighted by Gasteiger charge is 2.16. The molecule has 1 N–H and O–H groups in total. The summed E-state index contributed by atoms with van der Waals surface area (Å²) >= 11 is 5.86. The van der Waals surface area contributed by atoms with Crippen LogP contribution in [0.3, 0.4) is 0 Å².